The summed E-state index contributed by atoms with van der Waals surface area (Å²) in [6.45, 7) is 0.525. The molecule has 0 bridgehead atoms. The van der Waals surface area contributed by atoms with Crippen LogP contribution in [0.1, 0.15) is 11.1 Å². The quantitative estimate of drug-likeness (QED) is 0.884. The Morgan fingerprint density at radius 1 is 1.33 bits per heavy atom. The summed E-state index contributed by atoms with van der Waals surface area (Å²) in [6.07, 6.45) is 1.49. The number of rotatable bonds is 4. The number of hydrogen-bond donors (Lipinski definition) is 1. The highest BCUT2D eigenvalue weighted by Crippen LogP contribution is 2.19. The lowest BCUT2D eigenvalue weighted by Gasteiger charge is -2.09. The van der Waals surface area contributed by atoms with Crippen LogP contribution in [0.2, 0.25) is 0 Å². The third-order valence-electron chi connectivity index (χ3n) is 2.48. The maximum atomic E-state index is 8.93. The zero-order valence-electron chi connectivity index (χ0n) is 9.92. The number of nitrogens with one attached hydrogen (secondary N) is 1. The van der Waals surface area contributed by atoms with Gasteiger partial charge in [0, 0.05) is 12.1 Å². The molecule has 0 amide bonds. The third kappa shape index (κ3) is 2.55. The molecule has 0 saturated heterocycles. The van der Waals surface area contributed by atoms with Gasteiger partial charge in [-0.3, -0.25) is 0 Å². The van der Waals surface area contributed by atoms with E-state index in [0.29, 0.717) is 17.9 Å². The minimum atomic E-state index is 0.472. The molecule has 0 spiro atoms. The van der Waals surface area contributed by atoms with Crippen molar-refractivity contribution in [3.05, 3.63) is 47.7 Å². The summed E-state index contributed by atoms with van der Waals surface area (Å²) >= 11 is 0. The predicted molar refractivity (Wildman–Crippen MR) is 67.1 cm³/mol. The molecule has 0 aliphatic rings. The Hall–Kier alpha value is -2.61. The van der Waals surface area contributed by atoms with Crippen LogP contribution in [0.4, 0.5) is 5.82 Å². The van der Waals surface area contributed by atoms with E-state index in [9.17, 15) is 0 Å². The molecule has 1 aromatic heterocycles. The molecule has 0 fully saturated rings. The van der Waals surface area contributed by atoms with Crippen molar-refractivity contribution < 1.29 is 4.74 Å². The van der Waals surface area contributed by atoms with E-state index < -0.39 is 0 Å². The van der Waals surface area contributed by atoms with E-state index >= 15 is 0 Å². The SMILES string of the molecule is COc1ccccc1CNc1nnccc1C#N. The maximum Gasteiger partial charge on any atom is 0.166 e. The lowest BCUT2D eigenvalue weighted by Crippen LogP contribution is -2.05. The predicted octanol–water partition coefficient (Wildman–Crippen LogP) is 1.97. The average Bonchev–Trinajstić information content (AvgIpc) is 2.45. The molecule has 0 unspecified atom stereocenters. The number of benzene rings is 1. The van der Waals surface area contributed by atoms with E-state index in [4.69, 9.17) is 10.00 Å². The molecule has 0 aliphatic carbocycles. The van der Waals surface area contributed by atoms with Crippen LogP contribution < -0.4 is 10.1 Å². The number of methoxy groups -OCH3 is 1. The summed E-state index contributed by atoms with van der Waals surface area (Å²) in [6, 6.07) is 11.4. The van der Waals surface area contributed by atoms with Crippen LogP contribution in [0.5, 0.6) is 5.75 Å². The monoisotopic (exact) mass is 240 g/mol. The molecule has 0 saturated carbocycles. The second kappa shape index (κ2) is 5.64. The Morgan fingerprint density at radius 3 is 2.94 bits per heavy atom. The standard InChI is InChI=1S/C13H12N4O/c1-18-12-5-3-2-4-11(12)9-15-13-10(8-14)6-7-16-17-13/h2-7H,9H2,1H3,(H,15,17). The van der Waals surface area contributed by atoms with Crippen molar-refractivity contribution in [2.45, 2.75) is 6.54 Å². The van der Waals surface area contributed by atoms with Gasteiger partial charge in [-0.05, 0) is 12.1 Å². The van der Waals surface area contributed by atoms with E-state index in [-0.39, 0.29) is 0 Å². The number of para-hydroxylation sites is 1. The molecule has 5 nitrogen and oxygen atoms in total. The number of nitriles is 1. The Balaban J connectivity index is 2.14. The van der Waals surface area contributed by atoms with Crippen molar-refractivity contribution in [3.63, 3.8) is 0 Å². The van der Waals surface area contributed by atoms with Crippen molar-refractivity contribution in [3.8, 4) is 11.8 Å². The minimum absolute atomic E-state index is 0.472. The Morgan fingerprint density at radius 2 is 2.17 bits per heavy atom. The molecular formula is C13H12N4O. The van der Waals surface area contributed by atoms with Crippen molar-refractivity contribution in [2.24, 2.45) is 0 Å². The topological polar surface area (TPSA) is 70.8 Å². The number of nitrogens with zero attached hydrogens (tertiary/aromatic N) is 3. The number of aromatic nitrogens is 2. The first-order valence-corrected chi connectivity index (χ1v) is 5.42. The van der Waals surface area contributed by atoms with Gasteiger partial charge in [-0.1, -0.05) is 18.2 Å². The van der Waals surface area contributed by atoms with Gasteiger partial charge in [0.25, 0.3) is 0 Å². The fourth-order valence-corrected chi connectivity index (χ4v) is 1.58. The van der Waals surface area contributed by atoms with Gasteiger partial charge in [0.05, 0.1) is 18.9 Å². The lowest BCUT2D eigenvalue weighted by molar-refractivity contribution is 0.410. The van der Waals surface area contributed by atoms with Gasteiger partial charge in [0.15, 0.2) is 5.82 Å². The zero-order chi connectivity index (χ0) is 12.8. The van der Waals surface area contributed by atoms with E-state index in [1.165, 1.54) is 6.20 Å². The van der Waals surface area contributed by atoms with Crippen molar-refractivity contribution >= 4 is 5.82 Å². The smallest absolute Gasteiger partial charge is 0.166 e. The molecule has 18 heavy (non-hydrogen) atoms. The number of anilines is 1. The largest absolute Gasteiger partial charge is 0.496 e. The first-order chi connectivity index (χ1) is 8.85. The van der Waals surface area contributed by atoms with Gasteiger partial charge < -0.3 is 10.1 Å². The first kappa shape index (κ1) is 11.9. The minimum Gasteiger partial charge on any atom is -0.496 e. The highest BCUT2D eigenvalue weighted by molar-refractivity contribution is 5.51. The lowest BCUT2D eigenvalue weighted by atomic mass is 10.2. The molecule has 2 aromatic rings. The van der Waals surface area contributed by atoms with Crippen molar-refractivity contribution in [1.29, 1.82) is 5.26 Å². The molecule has 0 atom stereocenters. The summed E-state index contributed by atoms with van der Waals surface area (Å²) < 4.78 is 5.25. The molecule has 1 aromatic carbocycles. The van der Waals surface area contributed by atoms with E-state index in [0.717, 1.165) is 11.3 Å². The highest BCUT2D eigenvalue weighted by atomic mass is 16.5. The second-order valence-corrected chi connectivity index (χ2v) is 3.57. The van der Waals surface area contributed by atoms with E-state index in [1.807, 2.05) is 24.3 Å². The molecule has 5 heteroatoms. The average molecular weight is 240 g/mol. The number of ether oxygens (including phenoxy) is 1. The zero-order valence-corrected chi connectivity index (χ0v) is 9.92. The summed E-state index contributed by atoms with van der Waals surface area (Å²) in [7, 11) is 1.63. The van der Waals surface area contributed by atoms with Gasteiger partial charge in [0.2, 0.25) is 0 Å². The summed E-state index contributed by atoms with van der Waals surface area (Å²) in [5, 5.41) is 19.7. The first-order valence-electron chi connectivity index (χ1n) is 5.42. The van der Waals surface area contributed by atoms with Crippen LogP contribution in [0, 0.1) is 11.3 Å². The summed E-state index contributed by atoms with van der Waals surface area (Å²) in [4.78, 5) is 0. The maximum absolute atomic E-state index is 8.93. The fourth-order valence-electron chi connectivity index (χ4n) is 1.58. The van der Waals surface area contributed by atoms with Crippen molar-refractivity contribution in [1.82, 2.24) is 10.2 Å². The third-order valence-corrected chi connectivity index (χ3v) is 2.48. The van der Waals surface area contributed by atoms with Gasteiger partial charge in [-0.2, -0.15) is 10.4 Å². The Labute approximate surface area is 105 Å². The second-order valence-electron chi connectivity index (χ2n) is 3.57. The Kier molecular flexibility index (Phi) is 3.72. The molecule has 0 radical (unpaired) electrons. The van der Waals surface area contributed by atoms with Crippen LogP contribution in [-0.2, 0) is 6.54 Å². The highest BCUT2D eigenvalue weighted by Gasteiger charge is 2.05. The van der Waals surface area contributed by atoms with Gasteiger partial charge in [0.1, 0.15) is 11.8 Å². The van der Waals surface area contributed by atoms with Gasteiger partial charge >= 0.3 is 0 Å². The fraction of sp³-hybridized carbons (Fsp3) is 0.154. The summed E-state index contributed by atoms with van der Waals surface area (Å²) in [5.41, 5.74) is 1.47. The van der Waals surface area contributed by atoms with E-state index in [2.05, 4.69) is 21.6 Å². The molecule has 1 heterocycles. The summed E-state index contributed by atoms with van der Waals surface area (Å²) in [5.74, 6) is 1.28. The normalized spacial score (nSPS) is 9.56. The molecular weight excluding hydrogens is 228 g/mol. The Bertz CT molecular complexity index is 577. The van der Waals surface area contributed by atoms with Crippen LogP contribution in [0.25, 0.3) is 0 Å². The van der Waals surface area contributed by atoms with Gasteiger partial charge in [-0.25, -0.2) is 0 Å². The molecule has 2 rings (SSSR count). The van der Waals surface area contributed by atoms with Crippen LogP contribution in [-0.4, -0.2) is 17.3 Å². The molecule has 1 N–H and O–H groups in total. The van der Waals surface area contributed by atoms with Crippen LogP contribution in [0.15, 0.2) is 36.5 Å². The number of hydrogen-bond acceptors (Lipinski definition) is 5. The van der Waals surface area contributed by atoms with Crippen LogP contribution in [0.3, 0.4) is 0 Å². The van der Waals surface area contributed by atoms with Gasteiger partial charge in [-0.15, -0.1) is 5.10 Å². The molecule has 0 aliphatic heterocycles. The molecule has 90 valence electrons. The van der Waals surface area contributed by atoms with Crippen LogP contribution >= 0.6 is 0 Å². The van der Waals surface area contributed by atoms with E-state index in [1.54, 1.807) is 13.2 Å². The van der Waals surface area contributed by atoms with Crippen molar-refractivity contribution in [2.75, 3.05) is 12.4 Å².